The van der Waals surface area contributed by atoms with Crippen molar-refractivity contribution in [1.29, 1.82) is 0 Å². The molecule has 0 spiro atoms. The number of hydrogen-bond acceptors (Lipinski definition) is 4. The van der Waals surface area contributed by atoms with Gasteiger partial charge in [-0.3, -0.25) is 5.32 Å². The maximum atomic E-state index is 11.7. The summed E-state index contributed by atoms with van der Waals surface area (Å²) in [7, 11) is 0. The first-order valence-corrected chi connectivity index (χ1v) is 8.04. The van der Waals surface area contributed by atoms with Crippen molar-refractivity contribution in [1.82, 2.24) is 20.5 Å². The Hall–Kier alpha value is -2.41. The number of nitrogens with zero attached hydrogens (tertiary/aromatic N) is 2. The van der Waals surface area contributed by atoms with Gasteiger partial charge in [-0.05, 0) is 24.0 Å². The van der Waals surface area contributed by atoms with E-state index in [0.717, 1.165) is 12.8 Å². The molecule has 2 amide bonds. The van der Waals surface area contributed by atoms with Crippen LogP contribution in [0.4, 0.5) is 9.93 Å². The van der Waals surface area contributed by atoms with Crippen molar-refractivity contribution < 1.29 is 4.79 Å². The zero-order valence-corrected chi connectivity index (χ0v) is 13.0. The number of urea groups is 1. The Bertz CT molecular complexity index is 765. The lowest BCUT2D eigenvalue weighted by atomic mass is 10.1. The summed E-state index contributed by atoms with van der Waals surface area (Å²) >= 11 is 1.29. The molecule has 0 fully saturated rings. The van der Waals surface area contributed by atoms with Crippen LogP contribution in [0.1, 0.15) is 18.1 Å². The molecule has 3 rings (SSSR count). The van der Waals surface area contributed by atoms with E-state index in [9.17, 15) is 4.79 Å². The lowest BCUT2D eigenvalue weighted by Crippen LogP contribution is -2.30. The van der Waals surface area contributed by atoms with Crippen LogP contribution in [0, 0.1) is 0 Å². The van der Waals surface area contributed by atoms with Gasteiger partial charge in [0.05, 0.1) is 0 Å². The number of aromatic nitrogens is 3. The van der Waals surface area contributed by atoms with E-state index in [1.54, 1.807) is 5.51 Å². The van der Waals surface area contributed by atoms with Crippen LogP contribution < -0.4 is 10.6 Å². The highest BCUT2D eigenvalue weighted by molar-refractivity contribution is 7.13. The number of H-pyrrole nitrogens is 1. The van der Waals surface area contributed by atoms with Crippen LogP contribution in [0.25, 0.3) is 10.9 Å². The Morgan fingerprint density at radius 2 is 2.27 bits per heavy atom. The zero-order chi connectivity index (χ0) is 15.4. The van der Waals surface area contributed by atoms with Crippen molar-refractivity contribution in [3.63, 3.8) is 0 Å². The van der Waals surface area contributed by atoms with Crippen molar-refractivity contribution in [2.75, 3.05) is 11.9 Å². The molecule has 7 heteroatoms. The Morgan fingerprint density at radius 3 is 3.05 bits per heavy atom. The number of para-hydroxylation sites is 1. The third-order valence-electron chi connectivity index (χ3n) is 3.53. The van der Waals surface area contributed by atoms with E-state index in [-0.39, 0.29) is 6.03 Å². The Balaban J connectivity index is 1.59. The number of rotatable bonds is 5. The van der Waals surface area contributed by atoms with Gasteiger partial charge in [0.2, 0.25) is 5.13 Å². The number of fused-ring (bicyclic) bond motifs is 1. The summed E-state index contributed by atoms with van der Waals surface area (Å²) in [5, 5.41) is 14.6. The second kappa shape index (κ2) is 6.57. The third kappa shape index (κ3) is 3.09. The number of benzene rings is 1. The number of amides is 2. The number of aryl methyl sites for hydroxylation is 1. The van der Waals surface area contributed by atoms with Gasteiger partial charge in [0.15, 0.2) is 0 Å². The average Bonchev–Trinajstić information content (AvgIpc) is 3.17. The van der Waals surface area contributed by atoms with Crippen LogP contribution in [-0.2, 0) is 12.8 Å². The van der Waals surface area contributed by atoms with Crippen molar-refractivity contribution in [2.24, 2.45) is 0 Å². The fourth-order valence-electron chi connectivity index (χ4n) is 2.46. The second-order valence-electron chi connectivity index (χ2n) is 4.88. The Kier molecular flexibility index (Phi) is 4.34. The predicted octanol–water partition coefficient (Wildman–Crippen LogP) is 2.95. The molecule has 2 aromatic heterocycles. The molecular formula is C15H17N5OS. The summed E-state index contributed by atoms with van der Waals surface area (Å²) in [6.45, 7) is 2.71. The SMILES string of the molecule is CCc1cccc2c(CCNC(=O)Nc3nncs3)c[nH]c12. The number of carbonyl (C=O) groups excluding carboxylic acids is 1. The van der Waals surface area contributed by atoms with Crippen LogP contribution in [0.5, 0.6) is 0 Å². The summed E-state index contributed by atoms with van der Waals surface area (Å²) in [6, 6.07) is 6.07. The third-order valence-corrected chi connectivity index (χ3v) is 4.14. The summed E-state index contributed by atoms with van der Waals surface area (Å²) in [5.74, 6) is 0. The number of hydrogen-bond donors (Lipinski definition) is 3. The molecule has 114 valence electrons. The molecule has 0 aliphatic carbocycles. The van der Waals surface area contributed by atoms with E-state index < -0.39 is 0 Å². The van der Waals surface area contributed by atoms with E-state index in [0.29, 0.717) is 11.7 Å². The second-order valence-corrected chi connectivity index (χ2v) is 5.72. The number of nitrogens with one attached hydrogen (secondary N) is 3. The highest BCUT2D eigenvalue weighted by Gasteiger charge is 2.08. The molecule has 22 heavy (non-hydrogen) atoms. The van der Waals surface area contributed by atoms with Crippen molar-refractivity contribution in [3.05, 3.63) is 41.0 Å². The fourth-order valence-corrected chi connectivity index (χ4v) is 2.90. The minimum Gasteiger partial charge on any atom is -0.361 e. The first kappa shape index (κ1) is 14.5. The molecule has 0 aliphatic heterocycles. The highest BCUT2D eigenvalue weighted by Crippen LogP contribution is 2.22. The summed E-state index contributed by atoms with van der Waals surface area (Å²) in [6.07, 6.45) is 3.80. The lowest BCUT2D eigenvalue weighted by molar-refractivity contribution is 0.252. The highest BCUT2D eigenvalue weighted by atomic mass is 32.1. The lowest BCUT2D eigenvalue weighted by Gasteiger charge is -2.05. The topological polar surface area (TPSA) is 82.7 Å². The van der Waals surface area contributed by atoms with E-state index in [1.165, 1.54) is 33.4 Å². The van der Waals surface area contributed by atoms with Crippen molar-refractivity contribution in [2.45, 2.75) is 19.8 Å². The molecule has 2 heterocycles. The van der Waals surface area contributed by atoms with Crippen molar-refractivity contribution in [3.8, 4) is 0 Å². The van der Waals surface area contributed by atoms with Gasteiger partial charge in [-0.15, -0.1) is 10.2 Å². The number of anilines is 1. The molecule has 0 unspecified atom stereocenters. The normalized spacial score (nSPS) is 10.8. The molecule has 0 aliphatic rings. The zero-order valence-electron chi connectivity index (χ0n) is 12.2. The average molecular weight is 315 g/mol. The van der Waals surface area contributed by atoms with Crippen LogP contribution in [0.3, 0.4) is 0 Å². The minimum absolute atomic E-state index is 0.258. The molecule has 1 aromatic carbocycles. The van der Waals surface area contributed by atoms with Crippen LogP contribution >= 0.6 is 11.3 Å². The van der Waals surface area contributed by atoms with Crippen LogP contribution in [-0.4, -0.2) is 27.8 Å². The Morgan fingerprint density at radius 1 is 1.36 bits per heavy atom. The van der Waals surface area contributed by atoms with E-state index in [2.05, 4.69) is 50.9 Å². The van der Waals surface area contributed by atoms with Gasteiger partial charge in [-0.1, -0.05) is 36.5 Å². The number of carbonyl (C=O) groups is 1. The summed E-state index contributed by atoms with van der Waals surface area (Å²) < 4.78 is 0. The maximum Gasteiger partial charge on any atom is 0.321 e. The summed E-state index contributed by atoms with van der Waals surface area (Å²) in [5.41, 5.74) is 5.29. The van der Waals surface area contributed by atoms with Gasteiger partial charge in [0.1, 0.15) is 5.51 Å². The standard InChI is InChI=1S/C15H17N5OS/c1-2-10-4-3-5-12-11(8-17-13(10)12)6-7-16-14(21)19-15-20-18-9-22-15/h3-5,8-9,17H,2,6-7H2,1H3,(H2,16,19,20,21). The first-order chi connectivity index (χ1) is 10.8. The van der Waals surface area contributed by atoms with Crippen LogP contribution in [0.15, 0.2) is 29.9 Å². The van der Waals surface area contributed by atoms with Gasteiger partial charge in [-0.2, -0.15) is 0 Å². The molecule has 0 radical (unpaired) electrons. The smallest absolute Gasteiger partial charge is 0.321 e. The van der Waals surface area contributed by atoms with E-state index in [4.69, 9.17) is 0 Å². The van der Waals surface area contributed by atoms with Gasteiger partial charge in [0, 0.05) is 23.6 Å². The minimum atomic E-state index is -0.258. The molecule has 0 atom stereocenters. The van der Waals surface area contributed by atoms with Gasteiger partial charge >= 0.3 is 6.03 Å². The first-order valence-electron chi connectivity index (χ1n) is 7.16. The Labute approximate surface area is 132 Å². The molecule has 6 nitrogen and oxygen atoms in total. The largest absolute Gasteiger partial charge is 0.361 e. The quantitative estimate of drug-likeness (QED) is 0.677. The van der Waals surface area contributed by atoms with E-state index in [1.807, 2.05) is 6.20 Å². The molecule has 0 bridgehead atoms. The van der Waals surface area contributed by atoms with Gasteiger partial charge < -0.3 is 10.3 Å². The molecule has 3 aromatic rings. The maximum absolute atomic E-state index is 11.7. The van der Waals surface area contributed by atoms with Gasteiger partial charge in [-0.25, -0.2) is 4.79 Å². The molecule has 3 N–H and O–H groups in total. The fraction of sp³-hybridized carbons (Fsp3) is 0.267. The van der Waals surface area contributed by atoms with Crippen molar-refractivity contribution >= 4 is 33.4 Å². The predicted molar refractivity (Wildman–Crippen MR) is 88.3 cm³/mol. The molecular weight excluding hydrogens is 298 g/mol. The summed E-state index contributed by atoms with van der Waals surface area (Å²) in [4.78, 5) is 15.0. The monoisotopic (exact) mass is 315 g/mol. The number of aromatic amines is 1. The van der Waals surface area contributed by atoms with Gasteiger partial charge in [0.25, 0.3) is 0 Å². The molecule has 0 saturated carbocycles. The van der Waals surface area contributed by atoms with E-state index >= 15 is 0 Å². The molecule has 0 saturated heterocycles. The van der Waals surface area contributed by atoms with Crippen LogP contribution in [0.2, 0.25) is 0 Å².